The van der Waals surface area contributed by atoms with Gasteiger partial charge in [-0.3, -0.25) is 4.90 Å². The van der Waals surface area contributed by atoms with Crippen LogP contribution in [0.15, 0.2) is 0 Å². The summed E-state index contributed by atoms with van der Waals surface area (Å²) in [7, 11) is 2.07. The van der Waals surface area contributed by atoms with Crippen LogP contribution in [0.4, 0.5) is 0 Å². The zero-order valence-corrected chi connectivity index (χ0v) is 12.8. The third-order valence-corrected chi connectivity index (χ3v) is 4.70. The molecule has 2 rings (SSSR count). The minimum absolute atomic E-state index is 0.370. The molecule has 0 spiro atoms. The van der Waals surface area contributed by atoms with Crippen molar-refractivity contribution < 1.29 is 9.47 Å². The highest BCUT2D eigenvalue weighted by Crippen LogP contribution is 2.32. The number of hydrogen-bond donors (Lipinski definition) is 1. The van der Waals surface area contributed by atoms with Crippen molar-refractivity contribution in [2.24, 2.45) is 5.41 Å². The number of hydrogen-bond acceptors (Lipinski definition) is 4. The lowest BCUT2D eigenvalue weighted by Crippen LogP contribution is -2.55. The number of morpholine rings is 1. The maximum absolute atomic E-state index is 5.81. The predicted molar refractivity (Wildman–Crippen MR) is 77.5 cm³/mol. The van der Waals surface area contributed by atoms with Gasteiger partial charge in [-0.1, -0.05) is 6.92 Å². The van der Waals surface area contributed by atoms with Crippen LogP contribution in [0.2, 0.25) is 0 Å². The van der Waals surface area contributed by atoms with Crippen LogP contribution < -0.4 is 5.32 Å². The fourth-order valence-electron chi connectivity index (χ4n) is 3.48. The molecule has 0 aromatic carbocycles. The number of rotatable bonds is 5. The summed E-state index contributed by atoms with van der Waals surface area (Å²) in [6.45, 7) is 10.5. The maximum atomic E-state index is 5.81. The molecule has 2 heterocycles. The van der Waals surface area contributed by atoms with Gasteiger partial charge in [0.1, 0.15) is 0 Å². The summed E-state index contributed by atoms with van der Waals surface area (Å²) in [4.78, 5) is 2.66. The zero-order chi connectivity index (χ0) is 13.7. The van der Waals surface area contributed by atoms with E-state index in [2.05, 4.69) is 31.1 Å². The van der Waals surface area contributed by atoms with E-state index in [0.29, 0.717) is 17.6 Å². The average Bonchev–Trinajstić information content (AvgIpc) is 2.40. The summed E-state index contributed by atoms with van der Waals surface area (Å²) in [5.41, 5.74) is 0.386. The summed E-state index contributed by atoms with van der Waals surface area (Å²) in [6, 6.07) is 0.591. The van der Waals surface area contributed by atoms with Crippen molar-refractivity contribution in [3.05, 3.63) is 0 Å². The van der Waals surface area contributed by atoms with Crippen LogP contribution in [0.25, 0.3) is 0 Å². The highest BCUT2D eigenvalue weighted by molar-refractivity contribution is 4.90. The van der Waals surface area contributed by atoms with Crippen LogP contribution in [0.5, 0.6) is 0 Å². The molecule has 0 radical (unpaired) electrons. The highest BCUT2D eigenvalue weighted by atomic mass is 16.5. The van der Waals surface area contributed by atoms with Crippen molar-refractivity contribution in [2.45, 2.75) is 45.3 Å². The Balaban J connectivity index is 2.01. The van der Waals surface area contributed by atoms with E-state index in [4.69, 9.17) is 9.47 Å². The van der Waals surface area contributed by atoms with Gasteiger partial charge in [0.05, 0.1) is 12.7 Å². The zero-order valence-electron chi connectivity index (χ0n) is 12.8. The SMILES string of the molecule is CCC1COC(C)CN1CC1(CNC)CCOCC1. The molecular weight excluding hydrogens is 240 g/mol. The van der Waals surface area contributed by atoms with Gasteiger partial charge in [-0.2, -0.15) is 0 Å². The van der Waals surface area contributed by atoms with Crippen LogP contribution in [0, 0.1) is 5.41 Å². The standard InChI is InChI=1S/C15H30N2O2/c1-4-14-10-19-13(2)9-17(14)12-15(11-16-3)5-7-18-8-6-15/h13-14,16H,4-12H2,1-3H3. The molecular formula is C15H30N2O2. The molecule has 0 saturated carbocycles. The second kappa shape index (κ2) is 7.02. The Morgan fingerprint density at radius 1 is 1.32 bits per heavy atom. The van der Waals surface area contributed by atoms with Gasteiger partial charge in [-0.15, -0.1) is 0 Å². The third kappa shape index (κ3) is 3.91. The van der Waals surface area contributed by atoms with Crippen molar-refractivity contribution in [3.8, 4) is 0 Å². The van der Waals surface area contributed by atoms with Gasteiger partial charge in [-0.25, -0.2) is 0 Å². The summed E-state index contributed by atoms with van der Waals surface area (Å²) >= 11 is 0. The molecule has 112 valence electrons. The number of nitrogens with one attached hydrogen (secondary N) is 1. The lowest BCUT2D eigenvalue weighted by molar-refractivity contribution is -0.0828. The Hall–Kier alpha value is -0.160. The molecule has 2 fully saturated rings. The molecule has 2 saturated heterocycles. The first kappa shape index (κ1) is 15.2. The first-order valence-corrected chi connectivity index (χ1v) is 7.77. The minimum atomic E-state index is 0.370. The molecule has 19 heavy (non-hydrogen) atoms. The molecule has 2 aliphatic rings. The van der Waals surface area contributed by atoms with Crippen LogP contribution in [0.3, 0.4) is 0 Å². The fraction of sp³-hybridized carbons (Fsp3) is 1.00. The van der Waals surface area contributed by atoms with Crippen molar-refractivity contribution in [2.75, 3.05) is 46.5 Å². The fourth-order valence-corrected chi connectivity index (χ4v) is 3.48. The predicted octanol–water partition coefficient (Wildman–Crippen LogP) is 1.50. The Labute approximate surface area is 117 Å². The van der Waals surface area contributed by atoms with E-state index < -0.39 is 0 Å². The molecule has 4 heteroatoms. The van der Waals surface area contributed by atoms with Gasteiger partial charge in [0, 0.05) is 38.9 Å². The molecule has 2 aliphatic heterocycles. The second-order valence-electron chi connectivity index (χ2n) is 6.28. The van der Waals surface area contributed by atoms with Crippen molar-refractivity contribution in [1.29, 1.82) is 0 Å². The van der Waals surface area contributed by atoms with Crippen molar-refractivity contribution >= 4 is 0 Å². The third-order valence-electron chi connectivity index (χ3n) is 4.70. The summed E-state index contributed by atoms with van der Waals surface area (Å²) in [6.07, 6.45) is 3.90. The molecule has 2 atom stereocenters. The average molecular weight is 270 g/mol. The molecule has 0 bridgehead atoms. The first-order chi connectivity index (χ1) is 9.19. The van der Waals surface area contributed by atoms with Gasteiger partial charge in [-0.05, 0) is 38.6 Å². The summed E-state index contributed by atoms with van der Waals surface area (Å²) in [5.74, 6) is 0. The molecule has 0 aromatic heterocycles. The van der Waals surface area contributed by atoms with E-state index in [9.17, 15) is 0 Å². The first-order valence-electron chi connectivity index (χ1n) is 7.77. The Bertz CT molecular complexity index is 261. The van der Waals surface area contributed by atoms with Gasteiger partial charge in [0.25, 0.3) is 0 Å². The monoisotopic (exact) mass is 270 g/mol. The van der Waals surface area contributed by atoms with E-state index in [0.717, 1.165) is 32.9 Å². The smallest absolute Gasteiger partial charge is 0.0674 e. The summed E-state index contributed by atoms with van der Waals surface area (Å²) in [5, 5.41) is 3.40. The second-order valence-corrected chi connectivity index (χ2v) is 6.28. The Morgan fingerprint density at radius 3 is 2.68 bits per heavy atom. The molecule has 0 aromatic rings. The van der Waals surface area contributed by atoms with Crippen LogP contribution in [0.1, 0.15) is 33.1 Å². The van der Waals surface area contributed by atoms with Crippen LogP contribution in [-0.4, -0.2) is 63.5 Å². The van der Waals surface area contributed by atoms with Crippen LogP contribution >= 0.6 is 0 Å². The normalized spacial score (nSPS) is 32.4. The van der Waals surface area contributed by atoms with Gasteiger partial charge >= 0.3 is 0 Å². The minimum Gasteiger partial charge on any atom is -0.381 e. The Morgan fingerprint density at radius 2 is 2.05 bits per heavy atom. The van der Waals surface area contributed by atoms with Crippen molar-refractivity contribution in [1.82, 2.24) is 10.2 Å². The van der Waals surface area contributed by atoms with Gasteiger partial charge in [0.2, 0.25) is 0 Å². The van der Waals surface area contributed by atoms with E-state index in [1.165, 1.54) is 25.8 Å². The molecule has 0 aliphatic carbocycles. The number of nitrogens with zero attached hydrogens (tertiary/aromatic N) is 1. The molecule has 4 nitrogen and oxygen atoms in total. The Kier molecular flexibility index (Phi) is 5.63. The van der Waals surface area contributed by atoms with E-state index in [1.54, 1.807) is 0 Å². The van der Waals surface area contributed by atoms with Gasteiger partial charge < -0.3 is 14.8 Å². The maximum Gasteiger partial charge on any atom is 0.0674 e. The summed E-state index contributed by atoms with van der Waals surface area (Å²) < 4.78 is 11.4. The van der Waals surface area contributed by atoms with E-state index in [1.807, 2.05) is 0 Å². The molecule has 0 amide bonds. The molecule has 1 N–H and O–H groups in total. The van der Waals surface area contributed by atoms with Gasteiger partial charge in [0.15, 0.2) is 0 Å². The largest absolute Gasteiger partial charge is 0.381 e. The quantitative estimate of drug-likeness (QED) is 0.821. The van der Waals surface area contributed by atoms with E-state index >= 15 is 0 Å². The topological polar surface area (TPSA) is 33.7 Å². The number of ether oxygens (including phenoxy) is 2. The van der Waals surface area contributed by atoms with Crippen LogP contribution in [-0.2, 0) is 9.47 Å². The lowest BCUT2D eigenvalue weighted by atomic mass is 9.79. The van der Waals surface area contributed by atoms with E-state index in [-0.39, 0.29) is 0 Å². The lowest BCUT2D eigenvalue weighted by Gasteiger charge is -2.46. The highest BCUT2D eigenvalue weighted by Gasteiger charge is 2.37. The van der Waals surface area contributed by atoms with Crippen molar-refractivity contribution in [3.63, 3.8) is 0 Å². The molecule has 2 unspecified atom stereocenters.